The molecule has 2 N–H and O–H groups in total. The maximum atomic E-state index is 12.1. The van der Waals surface area contributed by atoms with E-state index in [4.69, 9.17) is 0 Å². The Kier molecular flexibility index (Phi) is 4.23. The maximum Gasteiger partial charge on any atom is 0.226 e. The molecule has 6 heteroatoms. The second-order valence-electron chi connectivity index (χ2n) is 5.50. The Hall–Kier alpha value is -2.89. The summed E-state index contributed by atoms with van der Waals surface area (Å²) in [5.74, 6) is -0.0284. The minimum Gasteiger partial charge on any atom is -0.326 e. The average molecular weight is 309 g/mol. The number of aromatic amines is 1. The van der Waals surface area contributed by atoms with Crippen LogP contribution >= 0.6 is 0 Å². The van der Waals surface area contributed by atoms with Crippen molar-refractivity contribution in [1.29, 1.82) is 0 Å². The molecule has 23 heavy (non-hydrogen) atoms. The Bertz CT molecular complexity index is 804. The zero-order valence-corrected chi connectivity index (χ0v) is 13.2. The fourth-order valence-corrected chi connectivity index (χ4v) is 2.51. The summed E-state index contributed by atoms with van der Waals surface area (Å²) >= 11 is 0. The van der Waals surface area contributed by atoms with Gasteiger partial charge in [0.05, 0.1) is 11.4 Å². The third kappa shape index (κ3) is 3.66. The van der Waals surface area contributed by atoms with E-state index in [0.29, 0.717) is 13.0 Å². The number of carbonyl (C=O) groups excluding carboxylic acids is 1. The van der Waals surface area contributed by atoms with Gasteiger partial charge in [-0.3, -0.25) is 14.6 Å². The molecule has 2 aromatic heterocycles. The predicted octanol–water partition coefficient (Wildman–Crippen LogP) is 2.92. The van der Waals surface area contributed by atoms with Gasteiger partial charge in [0.2, 0.25) is 5.91 Å². The van der Waals surface area contributed by atoms with E-state index in [9.17, 15) is 4.79 Å². The highest BCUT2D eigenvalue weighted by Crippen LogP contribution is 2.20. The van der Waals surface area contributed by atoms with Crippen LogP contribution in [0.3, 0.4) is 0 Å². The number of aryl methyl sites for hydroxylation is 3. The third-order valence-corrected chi connectivity index (χ3v) is 3.61. The first-order valence-corrected chi connectivity index (χ1v) is 7.52. The third-order valence-electron chi connectivity index (χ3n) is 3.61. The van der Waals surface area contributed by atoms with Gasteiger partial charge in [-0.2, -0.15) is 10.2 Å². The van der Waals surface area contributed by atoms with Crippen LogP contribution in [0.2, 0.25) is 0 Å². The van der Waals surface area contributed by atoms with Crippen molar-refractivity contribution in [3.8, 4) is 11.3 Å². The minimum atomic E-state index is -0.0284. The van der Waals surface area contributed by atoms with E-state index in [1.807, 2.05) is 54.9 Å². The molecule has 0 unspecified atom stereocenters. The summed E-state index contributed by atoms with van der Waals surface area (Å²) in [6, 6.07) is 11.6. The van der Waals surface area contributed by atoms with Crippen LogP contribution in [0.1, 0.15) is 17.8 Å². The molecule has 1 aromatic carbocycles. The Morgan fingerprint density at radius 1 is 1.26 bits per heavy atom. The number of hydrogen-bond acceptors (Lipinski definition) is 3. The number of aromatic nitrogens is 4. The summed E-state index contributed by atoms with van der Waals surface area (Å²) in [5.41, 5.74) is 4.71. The zero-order valence-electron chi connectivity index (χ0n) is 13.2. The summed E-state index contributed by atoms with van der Waals surface area (Å²) in [5, 5.41) is 14.1. The highest BCUT2D eigenvalue weighted by atomic mass is 16.1. The van der Waals surface area contributed by atoms with Crippen molar-refractivity contribution in [1.82, 2.24) is 20.0 Å². The van der Waals surface area contributed by atoms with Gasteiger partial charge in [0.25, 0.3) is 0 Å². The van der Waals surface area contributed by atoms with E-state index in [-0.39, 0.29) is 5.91 Å². The number of amides is 1. The van der Waals surface area contributed by atoms with Crippen LogP contribution in [0, 0.1) is 13.8 Å². The SMILES string of the molecule is Cc1cc(C)n(CCC(=O)Nc2cccc(-c3ccn[nH]3)c2)n1. The van der Waals surface area contributed by atoms with E-state index in [2.05, 4.69) is 20.6 Å². The monoisotopic (exact) mass is 309 g/mol. The highest BCUT2D eigenvalue weighted by Gasteiger charge is 2.07. The topological polar surface area (TPSA) is 75.6 Å². The first kappa shape index (κ1) is 15.0. The van der Waals surface area contributed by atoms with Gasteiger partial charge in [-0.15, -0.1) is 0 Å². The second kappa shape index (κ2) is 6.48. The largest absolute Gasteiger partial charge is 0.326 e. The number of hydrogen-bond donors (Lipinski definition) is 2. The maximum absolute atomic E-state index is 12.1. The molecular weight excluding hydrogens is 290 g/mol. The van der Waals surface area contributed by atoms with Crippen molar-refractivity contribution >= 4 is 11.6 Å². The quantitative estimate of drug-likeness (QED) is 0.761. The molecule has 0 fully saturated rings. The van der Waals surface area contributed by atoms with Gasteiger partial charge in [-0.1, -0.05) is 12.1 Å². The molecule has 3 rings (SSSR count). The lowest BCUT2D eigenvalue weighted by Crippen LogP contribution is -2.15. The van der Waals surface area contributed by atoms with Crippen molar-refractivity contribution in [2.45, 2.75) is 26.8 Å². The fourth-order valence-electron chi connectivity index (χ4n) is 2.51. The Morgan fingerprint density at radius 2 is 2.13 bits per heavy atom. The molecule has 2 heterocycles. The summed E-state index contributed by atoms with van der Waals surface area (Å²) < 4.78 is 1.86. The number of carbonyl (C=O) groups is 1. The first-order valence-electron chi connectivity index (χ1n) is 7.52. The molecule has 0 bridgehead atoms. The molecular formula is C17H19N5O. The van der Waals surface area contributed by atoms with Crippen molar-refractivity contribution in [3.05, 3.63) is 54.0 Å². The van der Waals surface area contributed by atoms with Gasteiger partial charge in [0.1, 0.15) is 0 Å². The van der Waals surface area contributed by atoms with Crippen LogP contribution in [0.15, 0.2) is 42.6 Å². The average Bonchev–Trinajstić information content (AvgIpc) is 3.15. The lowest BCUT2D eigenvalue weighted by Gasteiger charge is -2.08. The van der Waals surface area contributed by atoms with Crippen LogP contribution in [0.4, 0.5) is 5.69 Å². The fraction of sp³-hybridized carbons (Fsp3) is 0.235. The number of nitrogens with one attached hydrogen (secondary N) is 2. The molecule has 0 saturated heterocycles. The van der Waals surface area contributed by atoms with Crippen molar-refractivity contribution in [3.63, 3.8) is 0 Å². The molecule has 0 aliphatic carbocycles. The van der Waals surface area contributed by atoms with Crippen LogP contribution in [0.5, 0.6) is 0 Å². The van der Waals surface area contributed by atoms with E-state index >= 15 is 0 Å². The summed E-state index contributed by atoms with van der Waals surface area (Å²) in [6.45, 7) is 4.52. The van der Waals surface area contributed by atoms with E-state index in [1.54, 1.807) is 6.20 Å². The zero-order chi connectivity index (χ0) is 16.2. The van der Waals surface area contributed by atoms with Crippen LogP contribution in [-0.4, -0.2) is 25.9 Å². The smallest absolute Gasteiger partial charge is 0.226 e. The van der Waals surface area contributed by atoms with Crippen LogP contribution < -0.4 is 5.32 Å². The summed E-state index contributed by atoms with van der Waals surface area (Å²) in [6.07, 6.45) is 2.09. The molecule has 0 saturated carbocycles. The molecule has 118 valence electrons. The lowest BCUT2D eigenvalue weighted by atomic mass is 10.1. The molecule has 6 nitrogen and oxygen atoms in total. The molecule has 0 aliphatic heterocycles. The Morgan fingerprint density at radius 3 is 2.83 bits per heavy atom. The number of H-pyrrole nitrogens is 1. The van der Waals surface area contributed by atoms with Gasteiger partial charge in [0, 0.05) is 36.1 Å². The number of benzene rings is 1. The molecule has 0 radical (unpaired) electrons. The molecule has 0 atom stereocenters. The van der Waals surface area contributed by atoms with Crippen molar-refractivity contribution < 1.29 is 4.79 Å². The van der Waals surface area contributed by atoms with Gasteiger partial charge >= 0.3 is 0 Å². The highest BCUT2D eigenvalue weighted by molar-refractivity contribution is 5.91. The number of anilines is 1. The molecule has 0 spiro atoms. The first-order chi connectivity index (χ1) is 11.1. The molecule has 0 aliphatic rings. The van der Waals surface area contributed by atoms with Gasteiger partial charge in [0.15, 0.2) is 0 Å². The van der Waals surface area contributed by atoms with E-state index < -0.39 is 0 Å². The van der Waals surface area contributed by atoms with Crippen molar-refractivity contribution in [2.75, 3.05) is 5.32 Å². The Balaban J connectivity index is 1.62. The van der Waals surface area contributed by atoms with Gasteiger partial charge < -0.3 is 5.32 Å². The lowest BCUT2D eigenvalue weighted by molar-refractivity contribution is -0.116. The predicted molar refractivity (Wildman–Crippen MR) is 89.0 cm³/mol. The molecule has 3 aromatic rings. The summed E-state index contributed by atoms with van der Waals surface area (Å²) in [7, 11) is 0. The normalized spacial score (nSPS) is 10.7. The number of rotatable bonds is 5. The van der Waals surface area contributed by atoms with E-state index in [1.165, 1.54) is 0 Å². The summed E-state index contributed by atoms with van der Waals surface area (Å²) in [4.78, 5) is 12.1. The van der Waals surface area contributed by atoms with Gasteiger partial charge in [-0.05, 0) is 38.1 Å². The Labute approximate surface area is 134 Å². The van der Waals surface area contributed by atoms with Crippen LogP contribution in [-0.2, 0) is 11.3 Å². The standard InChI is InChI=1S/C17H19N5O/c1-12-10-13(2)22(21-12)9-7-17(23)19-15-5-3-4-14(11-15)16-6-8-18-20-16/h3-6,8,10-11H,7,9H2,1-2H3,(H,18,20)(H,19,23). The van der Waals surface area contributed by atoms with E-state index in [0.717, 1.165) is 28.3 Å². The van der Waals surface area contributed by atoms with Gasteiger partial charge in [-0.25, -0.2) is 0 Å². The second-order valence-corrected chi connectivity index (χ2v) is 5.50. The number of nitrogens with zero attached hydrogens (tertiary/aromatic N) is 3. The van der Waals surface area contributed by atoms with Crippen molar-refractivity contribution in [2.24, 2.45) is 0 Å². The van der Waals surface area contributed by atoms with Crippen LogP contribution in [0.25, 0.3) is 11.3 Å². The minimum absolute atomic E-state index is 0.0284. The molecule has 1 amide bonds.